The first-order valence-electron chi connectivity index (χ1n) is 6.51. The zero-order chi connectivity index (χ0) is 12.1. The van der Waals surface area contributed by atoms with Crippen LogP contribution in [0.4, 0.5) is 5.13 Å². The molecule has 2 N–H and O–H groups in total. The quantitative estimate of drug-likeness (QED) is 0.812. The Bertz CT molecular complexity index is 345. The van der Waals surface area contributed by atoms with E-state index in [0.29, 0.717) is 6.54 Å². The lowest BCUT2D eigenvalue weighted by Gasteiger charge is -2.26. The van der Waals surface area contributed by atoms with Crippen LogP contribution < -0.4 is 5.32 Å². The van der Waals surface area contributed by atoms with Crippen molar-refractivity contribution in [2.75, 3.05) is 11.9 Å². The predicted octanol–water partition coefficient (Wildman–Crippen LogP) is 2.60. The molecule has 0 bridgehead atoms. The van der Waals surface area contributed by atoms with Gasteiger partial charge in [-0.2, -0.15) is 4.37 Å². The summed E-state index contributed by atoms with van der Waals surface area (Å²) in [5.41, 5.74) is -0.547. The maximum Gasteiger partial charge on any atom is 0.202 e. The smallest absolute Gasteiger partial charge is 0.202 e. The summed E-state index contributed by atoms with van der Waals surface area (Å²) in [7, 11) is 0. The van der Waals surface area contributed by atoms with Crippen molar-refractivity contribution in [1.29, 1.82) is 0 Å². The Morgan fingerprint density at radius 1 is 1.29 bits per heavy atom. The van der Waals surface area contributed by atoms with Gasteiger partial charge in [0.1, 0.15) is 5.82 Å². The molecule has 96 valence electrons. The van der Waals surface area contributed by atoms with E-state index < -0.39 is 5.60 Å². The SMILES string of the molecule is CCc1nsc(NCC2(O)CCCCCC2)n1. The van der Waals surface area contributed by atoms with E-state index in [1.54, 1.807) is 0 Å². The first-order chi connectivity index (χ1) is 8.22. The van der Waals surface area contributed by atoms with Gasteiger partial charge in [-0.1, -0.05) is 32.6 Å². The van der Waals surface area contributed by atoms with Crippen molar-refractivity contribution in [3.63, 3.8) is 0 Å². The standard InChI is InChI=1S/C12H21N3OS/c1-2-10-14-11(17-15-10)13-9-12(16)7-5-3-4-6-8-12/h16H,2-9H2,1H3,(H,13,14,15). The second-order valence-corrected chi connectivity index (χ2v) is 5.61. The van der Waals surface area contributed by atoms with E-state index in [-0.39, 0.29) is 0 Å². The molecule has 4 nitrogen and oxygen atoms in total. The van der Waals surface area contributed by atoms with Gasteiger partial charge in [0.15, 0.2) is 0 Å². The van der Waals surface area contributed by atoms with Crippen molar-refractivity contribution in [3.05, 3.63) is 5.82 Å². The number of anilines is 1. The van der Waals surface area contributed by atoms with Gasteiger partial charge in [0.2, 0.25) is 5.13 Å². The molecule has 0 unspecified atom stereocenters. The number of nitrogens with one attached hydrogen (secondary N) is 1. The maximum absolute atomic E-state index is 10.5. The highest BCUT2D eigenvalue weighted by atomic mass is 32.1. The Morgan fingerprint density at radius 3 is 2.59 bits per heavy atom. The summed E-state index contributed by atoms with van der Waals surface area (Å²) in [5, 5.41) is 14.5. The highest BCUT2D eigenvalue weighted by Crippen LogP contribution is 2.27. The normalized spacial score (nSPS) is 19.9. The highest BCUT2D eigenvalue weighted by molar-refractivity contribution is 7.09. The van der Waals surface area contributed by atoms with Crippen LogP contribution in [-0.4, -0.2) is 26.6 Å². The van der Waals surface area contributed by atoms with Crippen LogP contribution in [0.2, 0.25) is 0 Å². The molecule has 2 rings (SSSR count). The highest BCUT2D eigenvalue weighted by Gasteiger charge is 2.27. The molecular weight excluding hydrogens is 234 g/mol. The maximum atomic E-state index is 10.5. The molecule has 0 amide bonds. The van der Waals surface area contributed by atoms with E-state index in [1.807, 2.05) is 6.92 Å². The summed E-state index contributed by atoms with van der Waals surface area (Å²) in [4.78, 5) is 4.35. The first kappa shape index (κ1) is 12.8. The number of rotatable bonds is 4. The lowest BCUT2D eigenvalue weighted by Crippen LogP contribution is -2.36. The molecule has 0 radical (unpaired) electrons. The summed E-state index contributed by atoms with van der Waals surface area (Å²) in [6.07, 6.45) is 7.44. The van der Waals surface area contributed by atoms with Crippen LogP contribution in [0, 0.1) is 0 Å². The van der Waals surface area contributed by atoms with Gasteiger partial charge in [-0.25, -0.2) is 4.98 Å². The lowest BCUT2D eigenvalue weighted by molar-refractivity contribution is 0.0381. The van der Waals surface area contributed by atoms with Gasteiger partial charge in [0.25, 0.3) is 0 Å². The van der Waals surface area contributed by atoms with E-state index in [2.05, 4.69) is 14.7 Å². The summed E-state index contributed by atoms with van der Waals surface area (Å²) < 4.78 is 4.23. The number of hydrogen-bond donors (Lipinski definition) is 2. The molecule has 1 aromatic heterocycles. The summed E-state index contributed by atoms with van der Waals surface area (Å²) >= 11 is 1.38. The van der Waals surface area contributed by atoms with Crippen molar-refractivity contribution in [1.82, 2.24) is 9.36 Å². The van der Waals surface area contributed by atoms with Crippen LogP contribution >= 0.6 is 11.5 Å². The molecule has 0 atom stereocenters. The summed E-state index contributed by atoms with van der Waals surface area (Å²) in [6.45, 7) is 2.65. The molecule has 5 heteroatoms. The van der Waals surface area contributed by atoms with Gasteiger partial charge in [-0.15, -0.1) is 0 Å². The van der Waals surface area contributed by atoms with E-state index >= 15 is 0 Å². The lowest BCUT2D eigenvalue weighted by atomic mass is 9.95. The van der Waals surface area contributed by atoms with Crippen LogP contribution in [0.1, 0.15) is 51.3 Å². The van der Waals surface area contributed by atoms with E-state index in [9.17, 15) is 5.11 Å². The van der Waals surface area contributed by atoms with Gasteiger partial charge in [-0.05, 0) is 12.8 Å². The first-order valence-corrected chi connectivity index (χ1v) is 7.28. The zero-order valence-electron chi connectivity index (χ0n) is 10.4. The van der Waals surface area contributed by atoms with Crippen LogP contribution in [-0.2, 0) is 6.42 Å². The van der Waals surface area contributed by atoms with Gasteiger partial charge in [-0.3, -0.25) is 0 Å². The molecule has 0 aliphatic heterocycles. The number of aliphatic hydroxyl groups is 1. The molecule has 0 aromatic carbocycles. The number of aromatic nitrogens is 2. The molecule has 0 spiro atoms. The number of aryl methyl sites for hydroxylation is 1. The van der Waals surface area contributed by atoms with Crippen LogP contribution in [0.15, 0.2) is 0 Å². The van der Waals surface area contributed by atoms with Crippen molar-refractivity contribution >= 4 is 16.7 Å². The van der Waals surface area contributed by atoms with Gasteiger partial charge in [0, 0.05) is 24.5 Å². The Morgan fingerprint density at radius 2 is 2.00 bits per heavy atom. The Hall–Kier alpha value is -0.680. The van der Waals surface area contributed by atoms with Crippen molar-refractivity contribution < 1.29 is 5.11 Å². The van der Waals surface area contributed by atoms with Crippen LogP contribution in [0.25, 0.3) is 0 Å². The van der Waals surface area contributed by atoms with Crippen LogP contribution in [0.3, 0.4) is 0 Å². The van der Waals surface area contributed by atoms with E-state index in [4.69, 9.17) is 0 Å². The molecule has 1 heterocycles. The van der Waals surface area contributed by atoms with E-state index in [0.717, 1.165) is 43.1 Å². The third-order valence-electron chi connectivity index (χ3n) is 3.39. The predicted molar refractivity (Wildman–Crippen MR) is 70.4 cm³/mol. The summed E-state index contributed by atoms with van der Waals surface area (Å²) in [6, 6.07) is 0. The molecule has 1 aliphatic rings. The molecule has 0 saturated heterocycles. The minimum atomic E-state index is -0.547. The van der Waals surface area contributed by atoms with Crippen LogP contribution in [0.5, 0.6) is 0 Å². The largest absolute Gasteiger partial charge is 0.388 e. The van der Waals surface area contributed by atoms with Gasteiger partial charge < -0.3 is 10.4 Å². The average molecular weight is 255 g/mol. The minimum Gasteiger partial charge on any atom is -0.388 e. The second-order valence-electron chi connectivity index (χ2n) is 4.86. The van der Waals surface area contributed by atoms with Crippen molar-refractivity contribution in [2.45, 2.75) is 57.5 Å². The zero-order valence-corrected chi connectivity index (χ0v) is 11.2. The fraction of sp³-hybridized carbons (Fsp3) is 0.833. The number of hydrogen-bond acceptors (Lipinski definition) is 5. The Kier molecular flexibility index (Phi) is 4.34. The van der Waals surface area contributed by atoms with Gasteiger partial charge in [0.05, 0.1) is 5.60 Å². The molecule has 17 heavy (non-hydrogen) atoms. The third-order valence-corrected chi connectivity index (χ3v) is 4.10. The second kappa shape index (κ2) is 5.78. The Labute approximate surface area is 107 Å². The third kappa shape index (κ3) is 3.64. The molecule has 1 fully saturated rings. The van der Waals surface area contributed by atoms with Crippen molar-refractivity contribution in [3.8, 4) is 0 Å². The Balaban J connectivity index is 1.87. The molecular formula is C12H21N3OS. The van der Waals surface area contributed by atoms with Crippen molar-refractivity contribution in [2.24, 2.45) is 0 Å². The summed E-state index contributed by atoms with van der Waals surface area (Å²) in [5.74, 6) is 0.880. The average Bonchev–Trinajstić information content (AvgIpc) is 2.69. The topological polar surface area (TPSA) is 58.0 Å². The van der Waals surface area contributed by atoms with E-state index in [1.165, 1.54) is 24.4 Å². The minimum absolute atomic E-state index is 0.547. The molecule has 1 aromatic rings. The number of nitrogens with zero attached hydrogens (tertiary/aromatic N) is 2. The fourth-order valence-corrected chi connectivity index (χ4v) is 2.92. The molecule has 1 aliphatic carbocycles. The molecule has 1 saturated carbocycles. The van der Waals surface area contributed by atoms with Gasteiger partial charge >= 0.3 is 0 Å². The monoisotopic (exact) mass is 255 g/mol. The fourth-order valence-electron chi connectivity index (χ4n) is 2.27.